The molecule has 3 aromatic rings. The number of hydrogen-bond donors (Lipinski definition) is 0. The van der Waals surface area contributed by atoms with Crippen molar-refractivity contribution in [1.82, 2.24) is 9.55 Å². The molecule has 2 aromatic carbocycles. The smallest absolute Gasteiger partial charge is 0.300 e. The van der Waals surface area contributed by atoms with Crippen LogP contribution < -0.4 is 15.0 Å². The van der Waals surface area contributed by atoms with Crippen LogP contribution in [-0.4, -0.2) is 22.3 Å². The van der Waals surface area contributed by atoms with E-state index in [1.807, 2.05) is 16.7 Å². The molecule has 1 aromatic heterocycles. The summed E-state index contributed by atoms with van der Waals surface area (Å²) >= 11 is 0. The third kappa shape index (κ3) is 3.33. The molecule has 0 amide bonds. The average molecular weight is 348 g/mol. The quantitative estimate of drug-likeness (QED) is 0.725. The average Bonchev–Trinajstić information content (AvgIpc) is 3.02. The second-order valence-electron chi connectivity index (χ2n) is 6.59. The van der Waals surface area contributed by atoms with Crippen molar-refractivity contribution in [1.29, 1.82) is 0 Å². The largest absolute Gasteiger partial charge is 0.490 e. The molecule has 0 fully saturated rings. The SMILES string of the molecule is Cc1ccc(-c2ccc(OCC3Cn4ccc(=O)nc4O3)cc2)c(C)c1. The fraction of sp³-hybridized carbons (Fsp3) is 0.238. The van der Waals surface area contributed by atoms with Gasteiger partial charge in [-0.3, -0.25) is 9.36 Å². The zero-order chi connectivity index (χ0) is 18.1. The van der Waals surface area contributed by atoms with Crippen LogP contribution in [0, 0.1) is 13.8 Å². The van der Waals surface area contributed by atoms with Gasteiger partial charge in [0.25, 0.3) is 11.6 Å². The van der Waals surface area contributed by atoms with Gasteiger partial charge in [-0.05, 0) is 42.7 Å². The molecule has 5 nitrogen and oxygen atoms in total. The van der Waals surface area contributed by atoms with E-state index in [2.05, 4.69) is 49.2 Å². The van der Waals surface area contributed by atoms with Gasteiger partial charge in [-0.15, -0.1) is 0 Å². The van der Waals surface area contributed by atoms with Gasteiger partial charge in [0.05, 0.1) is 6.54 Å². The van der Waals surface area contributed by atoms with Gasteiger partial charge in [-0.25, -0.2) is 0 Å². The van der Waals surface area contributed by atoms with E-state index in [1.54, 1.807) is 6.20 Å². The normalized spacial score (nSPS) is 15.4. The number of nitrogens with zero attached hydrogens (tertiary/aromatic N) is 2. The highest BCUT2D eigenvalue weighted by molar-refractivity contribution is 5.68. The fourth-order valence-electron chi connectivity index (χ4n) is 3.20. The summed E-state index contributed by atoms with van der Waals surface area (Å²) in [6, 6.07) is 16.3. The summed E-state index contributed by atoms with van der Waals surface area (Å²) < 4.78 is 13.3. The van der Waals surface area contributed by atoms with Crippen LogP contribution >= 0.6 is 0 Å². The predicted octanol–water partition coefficient (Wildman–Crippen LogP) is 3.37. The molecule has 0 saturated carbocycles. The Bertz CT molecular complexity index is 993. The lowest BCUT2D eigenvalue weighted by Crippen LogP contribution is -2.23. The highest BCUT2D eigenvalue weighted by Crippen LogP contribution is 2.26. The third-order valence-electron chi connectivity index (χ3n) is 4.50. The second-order valence-corrected chi connectivity index (χ2v) is 6.59. The standard InChI is InChI=1S/C21H20N2O3/c1-14-3-8-19(15(2)11-14)16-4-6-17(7-5-16)25-13-18-12-23-10-9-20(24)22-21(23)26-18/h3-11,18H,12-13H2,1-2H3. The highest BCUT2D eigenvalue weighted by Gasteiger charge is 2.23. The zero-order valence-electron chi connectivity index (χ0n) is 14.8. The number of fused-ring (bicyclic) bond motifs is 1. The Morgan fingerprint density at radius 2 is 1.96 bits per heavy atom. The molecule has 0 saturated heterocycles. The Morgan fingerprint density at radius 1 is 1.15 bits per heavy atom. The number of hydrogen-bond acceptors (Lipinski definition) is 4. The van der Waals surface area contributed by atoms with E-state index >= 15 is 0 Å². The Balaban J connectivity index is 1.40. The Kier molecular flexibility index (Phi) is 4.21. The molecule has 0 spiro atoms. The van der Waals surface area contributed by atoms with Crippen LogP contribution in [0.3, 0.4) is 0 Å². The molecular formula is C21H20N2O3. The van der Waals surface area contributed by atoms with E-state index in [9.17, 15) is 4.79 Å². The molecule has 5 heteroatoms. The number of aromatic nitrogens is 2. The topological polar surface area (TPSA) is 53.4 Å². The summed E-state index contributed by atoms with van der Waals surface area (Å²) in [6.45, 7) is 5.26. The lowest BCUT2D eigenvalue weighted by atomic mass is 9.99. The van der Waals surface area contributed by atoms with Crippen molar-refractivity contribution < 1.29 is 9.47 Å². The monoisotopic (exact) mass is 348 g/mol. The van der Waals surface area contributed by atoms with Crippen LogP contribution in [0.25, 0.3) is 11.1 Å². The minimum absolute atomic E-state index is 0.150. The molecule has 0 N–H and O–H groups in total. The minimum Gasteiger partial charge on any atom is -0.490 e. The van der Waals surface area contributed by atoms with Gasteiger partial charge in [0.15, 0.2) is 6.10 Å². The first-order valence-electron chi connectivity index (χ1n) is 8.63. The van der Waals surface area contributed by atoms with Crippen molar-refractivity contribution in [2.75, 3.05) is 6.61 Å². The van der Waals surface area contributed by atoms with Gasteiger partial charge >= 0.3 is 0 Å². The molecule has 0 aliphatic carbocycles. The summed E-state index contributed by atoms with van der Waals surface area (Å²) in [4.78, 5) is 15.1. The van der Waals surface area contributed by atoms with Crippen LogP contribution in [-0.2, 0) is 6.54 Å². The summed E-state index contributed by atoms with van der Waals surface area (Å²) in [5.41, 5.74) is 4.63. The molecular weight excluding hydrogens is 328 g/mol. The maximum absolute atomic E-state index is 11.3. The molecule has 1 aliphatic rings. The summed E-state index contributed by atoms with van der Waals surface area (Å²) in [5, 5.41) is 0. The van der Waals surface area contributed by atoms with Crippen LogP contribution in [0.15, 0.2) is 59.5 Å². The molecule has 0 bridgehead atoms. The number of aryl methyl sites for hydroxylation is 2. The first kappa shape index (κ1) is 16.4. The summed E-state index contributed by atoms with van der Waals surface area (Å²) in [6.07, 6.45) is 1.55. The van der Waals surface area contributed by atoms with Gasteiger partial charge in [0.1, 0.15) is 12.4 Å². The van der Waals surface area contributed by atoms with Crippen molar-refractivity contribution in [3.05, 3.63) is 76.2 Å². The van der Waals surface area contributed by atoms with Crippen LogP contribution in [0.5, 0.6) is 11.8 Å². The van der Waals surface area contributed by atoms with Crippen LogP contribution in [0.4, 0.5) is 0 Å². The number of benzene rings is 2. The first-order chi connectivity index (χ1) is 12.6. The van der Waals surface area contributed by atoms with Gasteiger partial charge in [-0.1, -0.05) is 35.9 Å². The third-order valence-corrected chi connectivity index (χ3v) is 4.50. The van der Waals surface area contributed by atoms with E-state index in [1.165, 1.54) is 28.3 Å². The Hall–Kier alpha value is -3.08. The van der Waals surface area contributed by atoms with Crippen LogP contribution in [0.2, 0.25) is 0 Å². The number of rotatable bonds is 4. The minimum atomic E-state index is -0.292. The lowest BCUT2D eigenvalue weighted by molar-refractivity contribution is 0.143. The second kappa shape index (κ2) is 6.67. The number of ether oxygens (including phenoxy) is 2. The molecule has 1 aliphatic heterocycles. The first-order valence-corrected chi connectivity index (χ1v) is 8.63. The summed E-state index contributed by atoms with van der Waals surface area (Å²) in [5.74, 6) is 0.792. The Labute approximate surface area is 151 Å². The van der Waals surface area contributed by atoms with Crippen molar-refractivity contribution in [2.24, 2.45) is 0 Å². The fourth-order valence-corrected chi connectivity index (χ4v) is 3.20. The molecule has 26 heavy (non-hydrogen) atoms. The summed E-state index contributed by atoms with van der Waals surface area (Å²) in [7, 11) is 0. The molecule has 0 radical (unpaired) electrons. The van der Waals surface area contributed by atoms with Gasteiger partial charge < -0.3 is 9.47 Å². The maximum atomic E-state index is 11.3. The zero-order valence-corrected chi connectivity index (χ0v) is 14.8. The van der Waals surface area contributed by atoms with E-state index in [-0.39, 0.29) is 11.7 Å². The van der Waals surface area contributed by atoms with Crippen molar-refractivity contribution in [3.8, 4) is 22.9 Å². The van der Waals surface area contributed by atoms with E-state index in [0.29, 0.717) is 19.2 Å². The van der Waals surface area contributed by atoms with Crippen molar-refractivity contribution >= 4 is 0 Å². The predicted molar refractivity (Wildman–Crippen MR) is 99.8 cm³/mol. The highest BCUT2D eigenvalue weighted by atomic mass is 16.6. The van der Waals surface area contributed by atoms with Crippen molar-refractivity contribution in [3.63, 3.8) is 0 Å². The lowest BCUT2D eigenvalue weighted by Gasteiger charge is -2.12. The molecule has 2 heterocycles. The van der Waals surface area contributed by atoms with Crippen LogP contribution in [0.1, 0.15) is 11.1 Å². The maximum Gasteiger partial charge on any atom is 0.300 e. The van der Waals surface area contributed by atoms with Crippen molar-refractivity contribution in [2.45, 2.75) is 26.5 Å². The molecule has 4 rings (SSSR count). The van der Waals surface area contributed by atoms with E-state index < -0.39 is 0 Å². The van der Waals surface area contributed by atoms with Gasteiger partial charge in [0, 0.05) is 12.3 Å². The molecule has 1 atom stereocenters. The molecule has 132 valence electrons. The molecule has 1 unspecified atom stereocenters. The van der Waals surface area contributed by atoms with E-state index in [4.69, 9.17) is 9.47 Å². The Morgan fingerprint density at radius 3 is 2.73 bits per heavy atom. The van der Waals surface area contributed by atoms with Gasteiger partial charge in [0.2, 0.25) is 0 Å². The van der Waals surface area contributed by atoms with Gasteiger partial charge in [-0.2, -0.15) is 4.98 Å². The van der Waals surface area contributed by atoms with E-state index in [0.717, 1.165) is 5.75 Å².